The molecule has 6 heteroatoms. The van der Waals surface area contributed by atoms with Crippen molar-refractivity contribution >= 4 is 6.29 Å². The number of carbonyl (C=O) groups is 1. The lowest BCUT2D eigenvalue weighted by atomic mass is 10.1. The topological polar surface area (TPSA) is 73.8 Å². The number of furan rings is 1. The fourth-order valence-corrected chi connectivity index (χ4v) is 1.62. The Morgan fingerprint density at radius 3 is 2.56 bits per heavy atom. The summed E-state index contributed by atoms with van der Waals surface area (Å²) >= 11 is 0. The summed E-state index contributed by atoms with van der Waals surface area (Å²) in [6.45, 7) is 0. The van der Waals surface area contributed by atoms with Gasteiger partial charge in [-0.05, 0) is 41.6 Å². The Hall–Kier alpha value is -2.76. The maximum absolute atomic E-state index is 10.5. The van der Waals surface area contributed by atoms with Crippen molar-refractivity contribution < 1.29 is 9.21 Å². The van der Waals surface area contributed by atoms with Crippen molar-refractivity contribution in [2.24, 2.45) is 0 Å². The number of aldehydes is 1. The first-order valence-corrected chi connectivity index (χ1v) is 5.25. The van der Waals surface area contributed by atoms with E-state index in [-0.39, 0.29) is 0 Å². The number of aromatic nitrogens is 4. The number of benzene rings is 1. The molecule has 6 nitrogen and oxygen atoms in total. The Balaban J connectivity index is 1.93. The maximum atomic E-state index is 10.5. The third kappa shape index (κ3) is 1.80. The lowest BCUT2D eigenvalue weighted by molar-refractivity contribution is 0.110. The van der Waals surface area contributed by atoms with Gasteiger partial charge in [-0.15, -0.1) is 15.0 Å². The van der Waals surface area contributed by atoms with E-state index >= 15 is 0 Å². The van der Waals surface area contributed by atoms with Crippen molar-refractivity contribution in [3.05, 3.63) is 48.5 Å². The first-order chi connectivity index (χ1) is 8.86. The van der Waals surface area contributed by atoms with Crippen LogP contribution in [-0.4, -0.2) is 26.5 Å². The number of carbonyl (C=O) groups excluding carboxylic acids is 1. The fourth-order valence-electron chi connectivity index (χ4n) is 1.62. The van der Waals surface area contributed by atoms with Crippen LogP contribution in [0.4, 0.5) is 0 Å². The number of nitrogens with zero attached hydrogens (tertiary/aromatic N) is 4. The zero-order chi connectivity index (χ0) is 12.4. The molecular weight excluding hydrogens is 232 g/mol. The standard InChI is InChI=1S/C12H8N4O2/c17-7-11-5-6-12(18-11)9-1-3-10(4-2-9)16-14-8-13-15-16/h1-8H. The highest BCUT2D eigenvalue weighted by atomic mass is 16.3. The SMILES string of the molecule is O=Cc1ccc(-c2ccc(-n3ncnn3)cc2)o1. The van der Waals surface area contributed by atoms with Gasteiger partial charge in [-0.1, -0.05) is 0 Å². The van der Waals surface area contributed by atoms with E-state index in [1.807, 2.05) is 24.3 Å². The molecule has 0 spiro atoms. The number of hydrogen-bond acceptors (Lipinski definition) is 5. The summed E-state index contributed by atoms with van der Waals surface area (Å²) in [7, 11) is 0. The number of tetrazole rings is 1. The summed E-state index contributed by atoms with van der Waals surface area (Å²) < 4.78 is 5.33. The molecule has 0 amide bonds. The molecule has 18 heavy (non-hydrogen) atoms. The van der Waals surface area contributed by atoms with Gasteiger partial charge in [0.15, 0.2) is 18.4 Å². The zero-order valence-corrected chi connectivity index (χ0v) is 9.22. The van der Waals surface area contributed by atoms with Crippen LogP contribution in [0.25, 0.3) is 17.0 Å². The normalized spacial score (nSPS) is 10.4. The number of rotatable bonds is 3. The van der Waals surface area contributed by atoms with Gasteiger partial charge in [-0.2, -0.15) is 0 Å². The Labute approximate surface area is 102 Å². The largest absolute Gasteiger partial charge is 0.453 e. The summed E-state index contributed by atoms with van der Waals surface area (Å²) in [4.78, 5) is 12.0. The van der Waals surface area contributed by atoms with Gasteiger partial charge in [-0.3, -0.25) is 4.79 Å². The minimum atomic E-state index is 0.312. The molecule has 3 aromatic rings. The fraction of sp³-hybridized carbons (Fsp3) is 0. The van der Waals surface area contributed by atoms with Crippen LogP contribution < -0.4 is 0 Å². The van der Waals surface area contributed by atoms with Crippen LogP contribution in [0.1, 0.15) is 10.6 Å². The van der Waals surface area contributed by atoms with Crippen LogP contribution in [-0.2, 0) is 0 Å². The molecule has 0 aliphatic heterocycles. The molecule has 0 bridgehead atoms. The van der Waals surface area contributed by atoms with Gasteiger partial charge in [0.25, 0.3) is 0 Å². The molecule has 88 valence electrons. The molecule has 0 aliphatic rings. The molecule has 0 radical (unpaired) electrons. The summed E-state index contributed by atoms with van der Waals surface area (Å²) in [6, 6.07) is 10.8. The zero-order valence-electron chi connectivity index (χ0n) is 9.22. The van der Waals surface area contributed by atoms with Crippen LogP contribution >= 0.6 is 0 Å². The van der Waals surface area contributed by atoms with Gasteiger partial charge in [0.2, 0.25) is 0 Å². The summed E-state index contributed by atoms with van der Waals surface area (Å²) in [5.41, 5.74) is 1.69. The van der Waals surface area contributed by atoms with Crippen molar-refractivity contribution in [1.29, 1.82) is 0 Å². The molecule has 0 N–H and O–H groups in total. The maximum Gasteiger partial charge on any atom is 0.185 e. The summed E-state index contributed by atoms with van der Waals surface area (Å²) in [6.07, 6.45) is 2.05. The molecule has 2 heterocycles. The molecule has 0 atom stereocenters. The lowest BCUT2D eigenvalue weighted by Gasteiger charge is -2.00. The number of hydrogen-bond donors (Lipinski definition) is 0. The molecule has 0 saturated heterocycles. The van der Waals surface area contributed by atoms with Gasteiger partial charge in [0, 0.05) is 5.56 Å². The molecule has 1 aromatic carbocycles. The Morgan fingerprint density at radius 2 is 1.94 bits per heavy atom. The van der Waals surface area contributed by atoms with Crippen LogP contribution in [0.2, 0.25) is 0 Å². The molecule has 0 saturated carbocycles. The molecule has 3 rings (SSSR count). The van der Waals surface area contributed by atoms with Crippen molar-refractivity contribution in [3.8, 4) is 17.0 Å². The van der Waals surface area contributed by atoms with E-state index in [4.69, 9.17) is 4.42 Å². The van der Waals surface area contributed by atoms with Crippen molar-refractivity contribution in [2.75, 3.05) is 0 Å². The highest BCUT2D eigenvalue weighted by Gasteiger charge is 2.05. The van der Waals surface area contributed by atoms with E-state index in [9.17, 15) is 4.79 Å². The van der Waals surface area contributed by atoms with E-state index in [1.54, 1.807) is 12.1 Å². The van der Waals surface area contributed by atoms with Gasteiger partial charge >= 0.3 is 0 Å². The minimum Gasteiger partial charge on any atom is -0.453 e. The van der Waals surface area contributed by atoms with Crippen molar-refractivity contribution in [1.82, 2.24) is 20.2 Å². The average Bonchev–Trinajstić information content (AvgIpc) is 3.10. The van der Waals surface area contributed by atoms with Crippen LogP contribution in [0.3, 0.4) is 0 Å². The van der Waals surface area contributed by atoms with E-state index < -0.39 is 0 Å². The van der Waals surface area contributed by atoms with Gasteiger partial charge < -0.3 is 4.42 Å². The van der Waals surface area contributed by atoms with E-state index in [0.717, 1.165) is 11.3 Å². The Kier molecular flexibility index (Phi) is 2.45. The smallest absolute Gasteiger partial charge is 0.185 e. The average molecular weight is 240 g/mol. The predicted octanol–water partition coefficient (Wildman–Crippen LogP) is 1.73. The van der Waals surface area contributed by atoms with E-state index in [0.29, 0.717) is 17.8 Å². The highest BCUT2D eigenvalue weighted by molar-refractivity contribution is 5.72. The second kappa shape index (κ2) is 4.25. The van der Waals surface area contributed by atoms with Gasteiger partial charge in [0.05, 0.1) is 5.69 Å². The third-order valence-corrected chi connectivity index (χ3v) is 2.47. The second-order valence-corrected chi connectivity index (χ2v) is 3.59. The lowest BCUT2D eigenvalue weighted by Crippen LogP contribution is -1.98. The summed E-state index contributed by atoms with van der Waals surface area (Å²) in [5, 5.41) is 11.4. The molecule has 0 fully saturated rings. The second-order valence-electron chi connectivity index (χ2n) is 3.59. The Morgan fingerprint density at radius 1 is 1.11 bits per heavy atom. The van der Waals surface area contributed by atoms with Gasteiger partial charge in [-0.25, -0.2) is 0 Å². The predicted molar refractivity (Wildman–Crippen MR) is 62.2 cm³/mol. The third-order valence-electron chi connectivity index (χ3n) is 2.47. The van der Waals surface area contributed by atoms with Crippen LogP contribution in [0.15, 0.2) is 47.1 Å². The van der Waals surface area contributed by atoms with Crippen molar-refractivity contribution in [2.45, 2.75) is 0 Å². The molecule has 2 aromatic heterocycles. The quantitative estimate of drug-likeness (QED) is 0.652. The van der Waals surface area contributed by atoms with E-state index in [2.05, 4.69) is 15.4 Å². The summed E-state index contributed by atoms with van der Waals surface area (Å²) in [5.74, 6) is 0.960. The van der Waals surface area contributed by atoms with Crippen molar-refractivity contribution in [3.63, 3.8) is 0 Å². The van der Waals surface area contributed by atoms with Gasteiger partial charge in [0.1, 0.15) is 5.76 Å². The first kappa shape index (κ1) is 10.4. The monoisotopic (exact) mass is 240 g/mol. The Bertz CT molecular complexity index is 656. The van der Waals surface area contributed by atoms with E-state index in [1.165, 1.54) is 11.1 Å². The van der Waals surface area contributed by atoms with Crippen LogP contribution in [0.5, 0.6) is 0 Å². The minimum absolute atomic E-state index is 0.312. The van der Waals surface area contributed by atoms with Crippen LogP contribution in [0, 0.1) is 0 Å². The highest BCUT2D eigenvalue weighted by Crippen LogP contribution is 2.22. The molecular formula is C12H8N4O2. The molecule has 0 aliphatic carbocycles. The first-order valence-electron chi connectivity index (χ1n) is 5.25. The molecule has 0 unspecified atom stereocenters.